The van der Waals surface area contributed by atoms with E-state index in [0.717, 1.165) is 35.2 Å². The number of anilines is 2. The molecule has 7 heteroatoms. The van der Waals surface area contributed by atoms with Crippen LogP contribution in [0.1, 0.15) is 23.2 Å². The minimum Gasteiger partial charge on any atom is -0.383 e. The molecule has 0 saturated heterocycles. The van der Waals surface area contributed by atoms with Crippen molar-refractivity contribution >= 4 is 11.8 Å². The highest BCUT2D eigenvalue weighted by atomic mass is 15.2. The summed E-state index contributed by atoms with van der Waals surface area (Å²) in [7, 11) is 3.75. The van der Waals surface area contributed by atoms with E-state index in [2.05, 4.69) is 21.0 Å². The van der Waals surface area contributed by atoms with Crippen molar-refractivity contribution in [3.8, 4) is 17.2 Å². The Balaban J connectivity index is 2.20. The monoisotopic (exact) mass is 309 g/mol. The van der Waals surface area contributed by atoms with E-state index in [4.69, 9.17) is 11.5 Å². The van der Waals surface area contributed by atoms with Crippen molar-refractivity contribution in [3.63, 3.8) is 0 Å². The molecular formula is C16H19N7. The minimum absolute atomic E-state index is 0.0696. The second kappa shape index (κ2) is 5.82. The molecule has 118 valence electrons. The van der Waals surface area contributed by atoms with Crippen molar-refractivity contribution in [1.29, 1.82) is 5.26 Å². The smallest absolute Gasteiger partial charge is 0.224 e. The maximum Gasteiger partial charge on any atom is 0.224 e. The predicted octanol–water partition coefficient (Wildman–Crippen LogP) is 0.874. The van der Waals surface area contributed by atoms with Gasteiger partial charge in [-0.2, -0.15) is 5.26 Å². The second-order valence-corrected chi connectivity index (χ2v) is 5.95. The number of nitrogen functional groups attached to an aromatic ring is 1. The Morgan fingerprint density at radius 3 is 2.61 bits per heavy atom. The van der Waals surface area contributed by atoms with Gasteiger partial charge in [0.1, 0.15) is 17.5 Å². The van der Waals surface area contributed by atoms with Crippen LogP contribution in [0.5, 0.6) is 0 Å². The largest absolute Gasteiger partial charge is 0.383 e. The molecule has 0 spiro atoms. The van der Waals surface area contributed by atoms with Crippen molar-refractivity contribution in [3.05, 3.63) is 29.2 Å². The van der Waals surface area contributed by atoms with Gasteiger partial charge in [-0.3, -0.25) is 0 Å². The Hall–Kier alpha value is -2.72. The van der Waals surface area contributed by atoms with Gasteiger partial charge in [0.05, 0.1) is 0 Å². The fourth-order valence-electron chi connectivity index (χ4n) is 2.92. The van der Waals surface area contributed by atoms with Gasteiger partial charge in [0.25, 0.3) is 0 Å². The second-order valence-electron chi connectivity index (χ2n) is 5.95. The summed E-state index contributed by atoms with van der Waals surface area (Å²) in [5.74, 6) is 0.869. The number of hydrogen-bond donors (Lipinski definition) is 2. The highest BCUT2D eigenvalue weighted by Crippen LogP contribution is 2.35. The third-order valence-corrected chi connectivity index (χ3v) is 4.07. The Morgan fingerprint density at radius 2 is 2.00 bits per heavy atom. The lowest BCUT2D eigenvalue weighted by molar-refractivity contribution is 0.568. The normalized spacial score (nSPS) is 16.5. The fourth-order valence-corrected chi connectivity index (χ4v) is 2.92. The van der Waals surface area contributed by atoms with E-state index in [0.29, 0.717) is 17.9 Å². The Labute approximate surface area is 135 Å². The molecule has 0 aromatic carbocycles. The van der Waals surface area contributed by atoms with Gasteiger partial charge < -0.3 is 16.4 Å². The van der Waals surface area contributed by atoms with Gasteiger partial charge in [0, 0.05) is 49.4 Å². The average molecular weight is 309 g/mol. The summed E-state index contributed by atoms with van der Waals surface area (Å²) in [5, 5.41) is 9.52. The molecule has 2 heterocycles. The van der Waals surface area contributed by atoms with E-state index in [9.17, 15) is 5.26 Å². The van der Waals surface area contributed by atoms with Crippen LogP contribution in [0.4, 0.5) is 11.8 Å². The lowest BCUT2D eigenvalue weighted by atomic mass is 9.85. The molecule has 1 aliphatic rings. The molecule has 7 nitrogen and oxygen atoms in total. The van der Waals surface area contributed by atoms with Gasteiger partial charge in [0.15, 0.2) is 0 Å². The molecular weight excluding hydrogens is 290 g/mol. The highest BCUT2D eigenvalue weighted by molar-refractivity contribution is 5.78. The van der Waals surface area contributed by atoms with Crippen molar-refractivity contribution in [1.82, 2.24) is 15.0 Å². The zero-order chi connectivity index (χ0) is 16.6. The first kappa shape index (κ1) is 15.2. The molecule has 1 aliphatic carbocycles. The number of nitrogens with zero attached hydrogens (tertiary/aromatic N) is 5. The van der Waals surface area contributed by atoms with Crippen molar-refractivity contribution in [2.45, 2.75) is 25.3 Å². The molecule has 4 N–H and O–H groups in total. The molecule has 0 radical (unpaired) electrons. The molecule has 2 aromatic heterocycles. The topological polar surface area (TPSA) is 118 Å². The molecule has 3 rings (SSSR count). The third-order valence-electron chi connectivity index (χ3n) is 4.07. The molecule has 1 atom stereocenters. The minimum atomic E-state index is 0.0696. The van der Waals surface area contributed by atoms with Crippen LogP contribution in [0.15, 0.2) is 12.4 Å². The molecule has 0 aliphatic heterocycles. The van der Waals surface area contributed by atoms with Crippen molar-refractivity contribution < 1.29 is 0 Å². The van der Waals surface area contributed by atoms with Gasteiger partial charge in [0.2, 0.25) is 5.95 Å². The van der Waals surface area contributed by atoms with Gasteiger partial charge in [-0.05, 0) is 24.8 Å². The van der Waals surface area contributed by atoms with Crippen LogP contribution in [-0.2, 0) is 12.8 Å². The van der Waals surface area contributed by atoms with E-state index in [1.165, 1.54) is 0 Å². The lowest BCUT2D eigenvalue weighted by Gasteiger charge is -2.24. The van der Waals surface area contributed by atoms with Gasteiger partial charge in [-0.1, -0.05) is 0 Å². The summed E-state index contributed by atoms with van der Waals surface area (Å²) in [6, 6.07) is 2.24. The third kappa shape index (κ3) is 2.69. The number of rotatable bonds is 2. The van der Waals surface area contributed by atoms with Crippen LogP contribution in [0.3, 0.4) is 0 Å². The number of nitriles is 1. The summed E-state index contributed by atoms with van der Waals surface area (Å²) in [6.07, 6.45) is 5.77. The summed E-state index contributed by atoms with van der Waals surface area (Å²) >= 11 is 0. The number of aromatic nitrogens is 3. The zero-order valence-electron chi connectivity index (χ0n) is 13.2. The van der Waals surface area contributed by atoms with Crippen LogP contribution >= 0.6 is 0 Å². The van der Waals surface area contributed by atoms with Gasteiger partial charge >= 0.3 is 0 Å². The van der Waals surface area contributed by atoms with Crippen LogP contribution in [-0.4, -0.2) is 35.1 Å². The number of hydrogen-bond acceptors (Lipinski definition) is 7. The molecule has 23 heavy (non-hydrogen) atoms. The van der Waals surface area contributed by atoms with E-state index in [-0.39, 0.29) is 11.9 Å². The van der Waals surface area contributed by atoms with E-state index in [1.54, 1.807) is 12.4 Å². The summed E-state index contributed by atoms with van der Waals surface area (Å²) in [5.41, 5.74) is 15.9. The Kier molecular flexibility index (Phi) is 3.84. The van der Waals surface area contributed by atoms with Crippen LogP contribution in [0.2, 0.25) is 0 Å². The van der Waals surface area contributed by atoms with Crippen molar-refractivity contribution in [2.24, 2.45) is 5.73 Å². The predicted molar refractivity (Wildman–Crippen MR) is 88.7 cm³/mol. The highest BCUT2D eigenvalue weighted by Gasteiger charge is 2.25. The lowest BCUT2D eigenvalue weighted by Crippen LogP contribution is -2.29. The molecule has 0 amide bonds. The maximum atomic E-state index is 9.52. The maximum absolute atomic E-state index is 9.52. The summed E-state index contributed by atoms with van der Waals surface area (Å²) in [6.45, 7) is 0. The molecule has 0 bridgehead atoms. The van der Waals surface area contributed by atoms with Gasteiger partial charge in [-0.15, -0.1) is 0 Å². The standard InChI is InChI=1S/C16H19N7/c1-23(2)16-20-7-9(8-21-16)14-11-5-10(18)3-4-13(11)22-15(19)12(14)6-17/h7-8,10H,3-5,18H2,1-2H3,(H2,19,22)/t10-/m0/s1. The Bertz CT molecular complexity index is 774. The zero-order valence-corrected chi connectivity index (χ0v) is 13.2. The first-order chi connectivity index (χ1) is 11.0. The molecule has 0 saturated carbocycles. The SMILES string of the molecule is CN(C)c1ncc(-c2c(C#N)c(N)nc3c2C[C@@H](N)CC3)cn1. The number of nitrogens with two attached hydrogens (primary N) is 2. The number of aryl methyl sites for hydroxylation is 1. The summed E-state index contributed by atoms with van der Waals surface area (Å²) in [4.78, 5) is 14.9. The quantitative estimate of drug-likeness (QED) is 0.845. The first-order valence-corrected chi connectivity index (χ1v) is 7.48. The first-order valence-electron chi connectivity index (χ1n) is 7.48. The average Bonchev–Trinajstić information content (AvgIpc) is 2.54. The van der Waals surface area contributed by atoms with Crippen molar-refractivity contribution in [2.75, 3.05) is 24.7 Å². The van der Waals surface area contributed by atoms with E-state index in [1.807, 2.05) is 19.0 Å². The fraction of sp³-hybridized carbons (Fsp3) is 0.375. The van der Waals surface area contributed by atoms with Crippen LogP contribution < -0.4 is 16.4 Å². The van der Waals surface area contributed by atoms with Crippen LogP contribution in [0.25, 0.3) is 11.1 Å². The Morgan fingerprint density at radius 1 is 1.30 bits per heavy atom. The van der Waals surface area contributed by atoms with Crippen LogP contribution in [0, 0.1) is 11.3 Å². The van der Waals surface area contributed by atoms with Gasteiger partial charge in [-0.25, -0.2) is 15.0 Å². The van der Waals surface area contributed by atoms with E-state index < -0.39 is 0 Å². The molecule has 0 unspecified atom stereocenters. The molecule has 0 fully saturated rings. The summed E-state index contributed by atoms with van der Waals surface area (Å²) < 4.78 is 0. The number of fused-ring (bicyclic) bond motifs is 1. The number of pyridine rings is 1. The van der Waals surface area contributed by atoms with E-state index >= 15 is 0 Å². The molecule has 2 aromatic rings.